The number of pyridine rings is 1. The maximum atomic E-state index is 11.7. The number of halogens is 1. The van der Waals surface area contributed by atoms with E-state index in [4.69, 9.17) is 16.0 Å². The number of nitrogens with one attached hydrogen (secondary N) is 1. The molecule has 1 N–H and O–H groups in total. The van der Waals surface area contributed by atoms with E-state index in [2.05, 4.69) is 10.3 Å². The lowest BCUT2D eigenvalue weighted by Gasteiger charge is -2.04. The topological polar surface area (TPSA) is 55.1 Å². The summed E-state index contributed by atoms with van der Waals surface area (Å²) in [4.78, 5) is 15.6. The van der Waals surface area contributed by atoms with Crippen LogP contribution in [-0.4, -0.2) is 17.4 Å². The van der Waals surface area contributed by atoms with E-state index in [1.54, 1.807) is 18.5 Å². The number of aromatic nitrogens is 1. The van der Waals surface area contributed by atoms with Crippen LogP contribution in [0.5, 0.6) is 0 Å². The number of furan rings is 1. The Morgan fingerprint density at radius 2 is 2.35 bits per heavy atom. The van der Waals surface area contributed by atoms with Crippen molar-refractivity contribution in [2.45, 2.75) is 6.42 Å². The third-order valence-corrected chi connectivity index (χ3v) is 2.58. The molecular weight excluding hydrogens is 240 g/mol. The summed E-state index contributed by atoms with van der Waals surface area (Å²) in [5.41, 5.74) is 0.383. The van der Waals surface area contributed by atoms with Gasteiger partial charge in [-0.15, -0.1) is 0 Å². The predicted molar refractivity (Wildman–Crippen MR) is 64.0 cm³/mol. The van der Waals surface area contributed by atoms with Crippen molar-refractivity contribution in [3.05, 3.63) is 53.2 Å². The van der Waals surface area contributed by atoms with Gasteiger partial charge in [-0.1, -0.05) is 11.6 Å². The molecule has 2 rings (SSSR count). The molecular formula is C12H11ClN2O2. The molecule has 4 nitrogen and oxygen atoms in total. The lowest BCUT2D eigenvalue weighted by atomic mass is 10.2. The van der Waals surface area contributed by atoms with Gasteiger partial charge in [0.15, 0.2) is 0 Å². The molecule has 0 atom stereocenters. The molecule has 2 aromatic rings. The van der Waals surface area contributed by atoms with Gasteiger partial charge >= 0.3 is 0 Å². The minimum absolute atomic E-state index is 0.227. The quantitative estimate of drug-likeness (QED) is 0.906. The molecule has 0 spiro atoms. The summed E-state index contributed by atoms with van der Waals surface area (Å²) in [6.45, 7) is 0.498. The summed E-state index contributed by atoms with van der Waals surface area (Å²) in [5, 5.41) is 3.15. The zero-order chi connectivity index (χ0) is 12.1. The lowest BCUT2D eigenvalue weighted by Crippen LogP contribution is -2.25. The summed E-state index contributed by atoms with van der Waals surface area (Å²) in [7, 11) is 0. The Bertz CT molecular complexity index is 497. The monoisotopic (exact) mass is 250 g/mol. The zero-order valence-electron chi connectivity index (χ0n) is 9.02. The zero-order valence-corrected chi connectivity index (χ0v) is 9.78. The van der Waals surface area contributed by atoms with Crippen LogP contribution in [0.3, 0.4) is 0 Å². The summed E-state index contributed by atoms with van der Waals surface area (Å²) in [6.07, 6.45) is 5.25. The molecule has 0 aliphatic rings. The van der Waals surface area contributed by atoms with Crippen LogP contribution in [0.15, 0.2) is 41.3 Å². The highest BCUT2D eigenvalue weighted by Crippen LogP contribution is 2.12. The van der Waals surface area contributed by atoms with Crippen molar-refractivity contribution in [1.82, 2.24) is 10.3 Å². The average Bonchev–Trinajstić information content (AvgIpc) is 2.82. The fourth-order valence-electron chi connectivity index (χ4n) is 1.39. The second-order valence-electron chi connectivity index (χ2n) is 3.44. The van der Waals surface area contributed by atoms with E-state index in [0.29, 0.717) is 23.6 Å². The fraction of sp³-hybridized carbons (Fsp3) is 0.167. The van der Waals surface area contributed by atoms with Gasteiger partial charge in [0.2, 0.25) is 0 Å². The molecule has 5 heteroatoms. The number of amides is 1. The van der Waals surface area contributed by atoms with Gasteiger partial charge in [-0.25, -0.2) is 0 Å². The first kappa shape index (κ1) is 11.7. The van der Waals surface area contributed by atoms with Gasteiger partial charge in [0.1, 0.15) is 5.76 Å². The number of carbonyl (C=O) groups is 1. The summed E-state index contributed by atoms with van der Waals surface area (Å²) in [5.74, 6) is 0.609. The Hall–Kier alpha value is -1.81. The molecule has 0 aromatic carbocycles. The highest BCUT2D eigenvalue weighted by Gasteiger charge is 2.09. The van der Waals surface area contributed by atoms with Crippen LogP contribution in [-0.2, 0) is 6.42 Å². The Labute approximate surface area is 104 Å². The van der Waals surface area contributed by atoms with Crippen LogP contribution in [0.25, 0.3) is 0 Å². The molecule has 0 radical (unpaired) electrons. The van der Waals surface area contributed by atoms with Crippen molar-refractivity contribution in [3.8, 4) is 0 Å². The smallest absolute Gasteiger partial charge is 0.254 e. The first-order valence-corrected chi connectivity index (χ1v) is 5.55. The number of hydrogen-bond donors (Lipinski definition) is 1. The number of nitrogens with zero attached hydrogens (tertiary/aromatic N) is 1. The van der Waals surface area contributed by atoms with Gasteiger partial charge in [-0.2, -0.15) is 0 Å². The van der Waals surface area contributed by atoms with Crippen LogP contribution in [0, 0.1) is 0 Å². The summed E-state index contributed by atoms with van der Waals surface area (Å²) < 4.78 is 5.16. The third-order valence-electron chi connectivity index (χ3n) is 2.25. The Balaban J connectivity index is 1.88. The van der Waals surface area contributed by atoms with Gasteiger partial charge in [-0.05, 0) is 18.2 Å². The fourth-order valence-corrected chi connectivity index (χ4v) is 1.58. The second-order valence-corrected chi connectivity index (χ2v) is 3.85. The second kappa shape index (κ2) is 5.50. The van der Waals surface area contributed by atoms with E-state index in [1.807, 2.05) is 12.1 Å². The van der Waals surface area contributed by atoms with Gasteiger partial charge < -0.3 is 9.73 Å². The molecule has 0 bridgehead atoms. The molecule has 0 aliphatic heterocycles. The molecule has 17 heavy (non-hydrogen) atoms. The highest BCUT2D eigenvalue weighted by atomic mass is 35.5. The van der Waals surface area contributed by atoms with Crippen LogP contribution in [0.1, 0.15) is 16.1 Å². The first-order valence-electron chi connectivity index (χ1n) is 5.17. The number of carbonyl (C=O) groups excluding carboxylic acids is 1. The van der Waals surface area contributed by atoms with E-state index in [9.17, 15) is 4.79 Å². The SMILES string of the molecule is O=C(NCCc1ccco1)c1cnccc1Cl. The molecule has 2 heterocycles. The van der Waals surface area contributed by atoms with E-state index < -0.39 is 0 Å². The number of hydrogen-bond acceptors (Lipinski definition) is 3. The molecule has 2 aromatic heterocycles. The van der Waals surface area contributed by atoms with Crippen molar-refractivity contribution >= 4 is 17.5 Å². The standard InChI is InChI=1S/C12H11ClN2O2/c13-11-4-5-14-8-10(11)12(16)15-6-3-9-2-1-7-17-9/h1-2,4-5,7-8H,3,6H2,(H,15,16). The largest absolute Gasteiger partial charge is 0.469 e. The van der Waals surface area contributed by atoms with Crippen molar-refractivity contribution in [1.29, 1.82) is 0 Å². The summed E-state index contributed by atoms with van der Waals surface area (Å²) >= 11 is 5.88. The van der Waals surface area contributed by atoms with Crippen molar-refractivity contribution in [2.75, 3.05) is 6.54 Å². The maximum Gasteiger partial charge on any atom is 0.254 e. The maximum absolute atomic E-state index is 11.7. The van der Waals surface area contributed by atoms with E-state index in [0.717, 1.165) is 5.76 Å². The first-order chi connectivity index (χ1) is 8.27. The molecule has 1 amide bonds. The Morgan fingerprint density at radius 1 is 1.47 bits per heavy atom. The van der Waals surface area contributed by atoms with Gasteiger partial charge in [0, 0.05) is 25.4 Å². The van der Waals surface area contributed by atoms with Crippen molar-refractivity contribution < 1.29 is 9.21 Å². The molecule has 0 saturated carbocycles. The molecule has 0 saturated heterocycles. The van der Waals surface area contributed by atoms with Gasteiger partial charge in [0.05, 0.1) is 16.8 Å². The van der Waals surface area contributed by atoms with E-state index in [1.165, 1.54) is 6.20 Å². The lowest BCUT2D eigenvalue weighted by molar-refractivity contribution is 0.0953. The predicted octanol–water partition coefficient (Wildman–Crippen LogP) is 2.30. The molecule has 0 aliphatic carbocycles. The van der Waals surface area contributed by atoms with Crippen LogP contribution in [0.2, 0.25) is 5.02 Å². The Kier molecular flexibility index (Phi) is 3.77. The van der Waals surface area contributed by atoms with E-state index in [-0.39, 0.29) is 5.91 Å². The highest BCUT2D eigenvalue weighted by molar-refractivity contribution is 6.33. The van der Waals surface area contributed by atoms with Crippen LogP contribution < -0.4 is 5.32 Å². The normalized spacial score (nSPS) is 10.2. The number of rotatable bonds is 4. The average molecular weight is 251 g/mol. The van der Waals surface area contributed by atoms with Crippen LogP contribution >= 0.6 is 11.6 Å². The Morgan fingerprint density at radius 3 is 3.06 bits per heavy atom. The van der Waals surface area contributed by atoms with E-state index >= 15 is 0 Å². The minimum atomic E-state index is -0.227. The van der Waals surface area contributed by atoms with Crippen molar-refractivity contribution in [2.24, 2.45) is 0 Å². The van der Waals surface area contributed by atoms with Crippen LogP contribution in [0.4, 0.5) is 0 Å². The minimum Gasteiger partial charge on any atom is -0.469 e. The third kappa shape index (κ3) is 3.07. The molecule has 0 unspecified atom stereocenters. The molecule has 0 fully saturated rings. The van der Waals surface area contributed by atoms with Gasteiger partial charge in [0.25, 0.3) is 5.91 Å². The van der Waals surface area contributed by atoms with Gasteiger partial charge in [-0.3, -0.25) is 9.78 Å². The van der Waals surface area contributed by atoms with Crippen molar-refractivity contribution in [3.63, 3.8) is 0 Å². The summed E-state index contributed by atoms with van der Waals surface area (Å²) in [6, 6.07) is 5.27. The molecule has 88 valence electrons.